The van der Waals surface area contributed by atoms with Crippen LogP contribution in [-0.2, 0) is 0 Å². The molecule has 8 heteroatoms. The van der Waals surface area contributed by atoms with E-state index in [0.717, 1.165) is 13.1 Å². The largest absolute Gasteiger partial charge is 0.435 e. The number of carbonyl (C=O) groups is 1. The first-order valence-corrected chi connectivity index (χ1v) is 7.24. The van der Waals surface area contributed by atoms with Gasteiger partial charge in [-0.15, -0.1) is 0 Å². The molecule has 1 aromatic carbocycles. The summed E-state index contributed by atoms with van der Waals surface area (Å²) in [5, 5.41) is 9.88. The van der Waals surface area contributed by atoms with Crippen LogP contribution in [0.5, 0.6) is 5.75 Å². The van der Waals surface area contributed by atoms with Crippen molar-refractivity contribution >= 4 is 5.91 Å². The van der Waals surface area contributed by atoms with Crippen molar-refractivity contribution in [1.29, 1.82) is 0 Å². The topological polar surface area (TPSA) is 70.2 Å². The van der Waals surface area contributed by atoms with E-state index in [-0.39, 0.29) is 11.7 Å². The predicted molar refractivity (Wildman–Crippen MR) is 79.4 cm³/mol. The van der Waals surface area contributed by atoms with Crippen LogP contribution in [0.3, 0.4) is 0 Å². The van der Waals surface area contributed by atoms with Crippen LogP contribution in [0, 0.1) is 0 Å². The van der Waals surface area contributed by atoms with Gasteiger partial charge >= 0.3 is 6.61 Å². The summed E-state index contributed by atoms with van der Waals surface area (Å²) in [7, 11) is 0. The number of carbonyl (C=O) groups excluding carboxylic acids is 1. The van der Waals surface area contributed by atoms with Gasteiger partial charge in [0.05, 0.1) is 17.5 Å². The summed E-state index contributed by atoms with van der Waals surface area (Å²) < 4.78 is 29.1. The molecular formula is C15H16F2N4O2. The van der Waals surface area contributed by atoms with Crippen molar-refractivity contribution in [2.24, 2.45) is 0 Å². The standard InChI is InChI=1S/C15H16F2N4O2/c16-15(17)23-11-3-1-2-10(8-11)13-12(9-19-20-13)14(22)21-6-4-18-5-7-21/h1-3,8-9,15,18H,4-7H2,(H,19,20). The molecule has 1 aromatic heterocycles. The zero-order valence-electron chi connectivity index (χ0n) is 12.3. The van der Waals surface area contributed by atoms with E-state index < -0.39 is 6.61 Å². The zero-order valence-corrected chi connectivity index (χ0v) is 12.3. The third-order valence-corrected chi connectivity index (χ3v) is 3.62. The first kappa shape index (κ1) is 15.4. The van der Waals surface area contributed by atoms with E-state index in [1.54, 1.807) is 17.0 Å². The number of amides is 1. The maximum Gasteiger partial charge on any atom is 0.387 e. The fraction of sp³-hybridized carbons (Fsp3) is 0.333. The van der Waals surface area contributed by atoms with Gasteiger partial charge in [-0.1, -0.05) is 12.1 Å². The molecule has 0 atom stereocenters. The lowest BCUT2D eigenvalue weighted by Gasteiger charge is -2.27. The molecule has 0 bridgehead atoms. The third kappa shape index (κ3) is 3.48. The second kappa shape index (κ2) is 6.74. The van der Waals surface area contributed by atoms with Crippen LogP contribution in [0.2, 0.25) is 0 Å². The van der Waals surface area contributed by atoms with Gasteiger partial charge in [-0.25, -0.2) is 0 Å². The number of nitrogens with one attached hydrogen (secondary N) is 2. The lowest BCUT2D eigenvalue weighted by Crippen LogP contribution is -2.46. The van der Waals surface area contributed by atoms with Gasteiger partial charge < -0.3 is 15.0 Å². The van der Waals surface area contributed by atoms with E-state index in [1.165, 1.54) is 18.3 Å². The highest BCUT2D eigenvalue weighted by atomic mass is 19.3. The quantitative estimate of drug-likeness (QED) is 0.899. The van der Waals surface area contributed by atoms with E-state index in [4.69, 9.17) is 0 Å². The summed E-state index contributed by atoms with van der Waals surface area (Å²) in [5.74, 6) is -0.0943. The maximum absolute atomic E-state index is 12.6. The molecule has 1 aliphatic rings. The third-order valence-electron chi connectivity index (χ3n) is 3.62. The van der Waals surface area contributed by atoms with Crippen molar-refractivity contribution < 1.29 is 18.3 Å². The number of ether oxygens (including phenoxy) is 1. The number of benzene rings is 1. The Morgan fingerprint density at radius 3 is 2.83 bits per heavy atom. The number of rotatable bonds is 4. The molecule has 0 radical (unpaired) electrons. The van der Waals surface area contributed by atoms with Gasteiger partial charge in [-0.05, 0) is 12.1 Å². The molecule has 23 heavy (non-hydrogen) atoms. The number of halogens is 2. The minimum Gasteiger partial charge on any atom is -0.435 e. The average molecular weight is 322 g/mol. The van der Waals surface area contributed by atoms with Gasteiger partial charge in [0.25, 0.3) is 5.91 Å². The van der Waals surface area contributed by atoms with Gasteiger partial charge in [-0.3, -0.25) is 9.89 Å². The highest BCUT2D eigenvalue weighted by molar-refractivity contribution is 5.99. The second-order valence-corrected chi connectivity index (χ2v) is 5.11. The zero-order chi connectivity index (χ0) is 16.2. The molecule has 1 aliphatic heterocycles. The van der Waals surface area contributed by atoms with Crippen LogP contribution < -0.4 is 10.1 Å². The van der Waals surface area contributed by atoms with Gasteiger partial charge in [0.15, 0.2) is 0 Å². The Morgan fingerprint density at radius 1 is 1.30 bits per heavy atom. The number of H-pyrrole nitrogens is 1. The van der Waals surface area contributed by atoms with Crippen LogP contribution in [0.1, 0.15) is 10.4 Å². The molecule has 122 valence electrons. The van der Waals surface area contributed by atoms with E-state index >= 15 is 0 Å². The van der Waals surface area contributed by atoms with Crippen molar-refractivity contribution in [3.8, 4) is 17.0 Å². The van der Waals surface area contributed by atoms with Crippen molar-refractivity contribution in [2.45, 2.75) is 6.61 Å². The molecule has 2 N–H and O–H groups in total. The monoisotopic (exact) mass is 322 g/mol. The Balaban J connectivity index is 1.87. The van der Waals surface area contributed by atoms with Crippen molar-refractivity contribution in [3.63, 3.8) is 0 Å². The number of hydrogen-bond acceptors (Lipinski definition) is 4. The highest BCUT2D eigenvalue weighted by Gasteiger charge is 2.22. The summed E-state index contributed by atoms with van der Waals surface area (Å²) in [4.78, 5) is 14.3. The van der Waals surface area contributed by atoms with Crippen molar-refractivity contribution in [3.05, 3.63) is 36.0 Å². The molecule has 0 spiro atoms. The van der Waals surface area contributed by atoms with Crippen LogP contribution in [-0.4, -0.2) is 53.8 Å². The number of hydrogen-bond donors (Lipinski definition) is 2. The number of aromatic nitrogens is 2. The van der Waals surface area contributed by atoms with Crippen molar-refractivity contribution in [1.82, 2.24) is 20.4 Å². The van der Waals surface area contributed by atoms with E-state index in [9.17, 15) is 13.6 Å². The summed E-state index contributed by atoms with van der Waals surface area (Å²) in [6.45, 7) is -0.155. The molecular weight excluding hydrogens is 306 g/mol. The van der Waals surface area contributed by atoms with Gasteiger partial charge in [0, 0.05) is 31.7 Å². The SMILES string of the molecule is O=C(c1cn[nH]c1-c1cccc(OC(F)F)c1)N1CCNCC1. The minimum atomic E-state index is -2.89. The number of nitrogens with zero attached hydrogens (tertiary/aromatic N) is 2. The summed E-state index contributed by atoms with van der Waals surface area (Å²) >= 11 is 0. The fourth-order valence-corrected chi connectivity index (χ4v) is 2.53. The summed E-state index contributed by atoms with van der Waals surface area (Å²) in [6.07, 6.45) is 1.46. The van der Waals surface area contributed by atoms with Crippen LogP contribution in [0.4, 0.5) is 8.78 Å². The number of aromatic amines is 1. The molecule has 0 saturated carbocycles. The molecule has 0 aliphatic carbocycles. The van der Waals surface area contributed by atoms with Crippen molar-refractivity contribution in [2.75, 3.05) is 26.2 Å². The summed E-state index contributed by atoms with van der Waals surface area (Å²) in [5.41, 5.74) is 1.48. The average Bonchev–Trinajstić information content (AvgIpc) is 3.04. The van der Waals surface area contributed by atoms with Crippen LogP contribution in [0.15, 0.2) is 30.5 Å². The smallest absolute Gasteiger partial charge is 0.387 e. The van der Waals surface area contributed by atoms with E-state index in [2.05, 4.69) is 20.3 Å². The first-order valence-electron chi connectivity index (χ1n) is 7.24. The Bertz CT molecular complexity index is 684. The molecule has 6 nitrogen and oxygen atoms in total. The van der Waals surface area contributed by atoms with E-state index in [0.29, 0.717) is 29.9 Å². The molecule has 0 unspecified atom stereocenters. The number of alkyl halides is 2. The maximum atomic E-state index is 12.6. The molecule has 3 rings (SSSR count). The highest BCUT2D eigenvalue weighted by Crippen LogP contribution is 2.26. The Labute approximate surface area is 131 Å². The molecule has 1 amide bonds. The molecule has 2 heterocycles. The predicted octanol–water partition coefficient (Wildman–Crippen LogP) is 1.72. The minimum absolute atomic E-state index is 0.0349. The molecule has 2 aromatic rings. The lowest BCUT2D eigenvalue weighted by atomic mass is 10.1. The Morgan fingerprint density at radius 2 is 2.09 bits per heavy atom. The second-order valence-electron chi connectivity index (χ2n) is 5.11. The summed E-state index contributed by atoms with van der Waals surface area (Å²) in [6, 6.07) is 6.19. The normalized spacial score (nSPS) is 15.0. The van der Waals surface area contributed by atoms with Crippen LogP contribution >= 0.6 is 0 Å². The van der Waals surface area contributed by atoms with Gasteiger partial charge in [-0.2, -0.15) is 13.9 Å². The van der Waals surface area contributed by atoms with Gasteiger partial charge in [0.1, 0.15) is 5.75 Å². The van der Waals surface area contributed by atoms with Crippen LogP contribution in [0.25, 0.3) is 11.3 Å². The van der Waals surface area contributed by atoms with E-state index in [1.807, 2.05) is 0 Å². The Kier molecular flexibility index (Phi) is 4.52. The Hall–Kier alpha value is -2.48. The molecule has 1 saturated heterocycles. The number of piperazine rings is 1. The molecule has 1 fully saturated rings. The lowest BCUT2D eigenvalue weighted by molar-refractivity contribution is -0.0498. The first-order chi connectivity index (χ1) is 11.1. The van der Waals surface area contributed by atoms with Gasteiger partial charge in [0.2, 0.25) is 0 Å². The fourth-order valence-electron chi connectivity index (χ4n) is 2.53.